The smallest absolute Gasteiger partial charge is 0.212 e. The van der Waals surface area contributed by atoms with E-state index < -0.39 is 34.4 Å². The Labute approximate surface area is 121 Å². The Morgan fingerprint density at radius 3 is 2.45 bits per heavy atom. The van der Waals surface area contributed by atoms with E-state index in [0.29, 0.717) is 10.6 Å². The van der Waals surface area contributed by atoms with Gasteiger partial charge in [-0.15, -0.1) is 0 Å². The van der Waals surface area contributed by atoms with Crippen LogP contribution in [0, 0.1) is 0 Å². The molecule has 114 valence electrons. The van der Waals surface area contributed by atoms with Gasteiger partial charge in [0.1, 0.15) is 0 Å². The van der Waals surface area contributed by atoms with Crippen LogP contribution in [0.15, 0.2) is 24.3 Å². The van der Waals surface area contributed by atoms with Crippen LogP contribution in [-0.4, -0.2) is 31.7 Å². The molecule has 0 spiro atoms. The van der Waals surface area contributed by atoms with Gasteiger partial charge in [0.05, 0.1) is 12.2 Å². The number of halogens is 4. The van der Waals surface area contributed by atoms with E-state index in [0.717, 1.165) is 4.31 Å². The summed E-state index contributed by atoms with van der Waals surface area (Å²) in [5, 5.41) is 0.440. The lowest BCUT2D eigenvalue weighted by molar-refractivity contribution is -0.130. The number of hydrogen-bond donors (Lipinski definition) is 0. The molecule has 20 heavy (non-hydrogen) atoms. The maximum atomic E-state index is 12.1. The fourth-order valence-electron chi connectivity index (χ4n) is 1.61. The lowest BCUT2D eigenvalue weighted by Crippen LogP contribution is -2.33. The van der Waals surface area contributed by atoms with Gasteiger partial charge < -0.3 is 0 Å². The van der Waals surface area contributed by atoms with E-state index in [9.17, 15) is 21.6 Å². The highest BCUT2D eigenvalue weighted by Gasteiger charge is 2.32. The molecule has 0 radical (unpaired) electrons. The van der Waals surface area contributed by atoms with Crippen LogP contribution in [0.3, 0.4) is 0 Å². The average molecular weight is 330 g/mol. The van der Waals surface area contributed by atoms with Crippen LogP contribution in [0.4, 0.5) is 13.2 Å². The summed E-state index contributed by atoms with van der Waals surface area (Å²) in [6.07, 6.45) is -5.85. The molecule has 0 saturated carbocycles. The van der Waals surface area contributed by atoms with Gasteiger partial charge in [-0.1, -0.05) is 23.7 Å². The van der Waals surface area contributed by atoms with Crippen molar-refractivity contribution < 1.29 is 21.6 Å². The van der Waals surface area contributed by atoms with Crippen LogP contribution in [-0.2, 0) is 10.0 Å². The predicted molar refractivity (Wildman–Crippen MR) is 72.1 cm³/mol. The second kappa shape index (κ2) is 6.32. The summed E-state index contributed by atoms with van der Waals surface area (Å²) < 4.78 is 61.1. The van der Waals surface area contributed by atoms with Crippen molar-refractivity contribution in [3.63, 3.8) is 0 Å². The first kappa shape index (κ1) is 17.3. The zero-order chi connectivity index (χ0) is 15.6. The second-order valence-corrected chi connectivity index (χ2v) is 7.01. The first-order chi connectivity index (χ1) is 9.03. The van der Waals surface area contributed by atoms with E-state index in [1.165, 1.54) is 7.05 Å². The fourth-order valence-corrected chi connectivity index (χ4v) is 3.19. The number of benzene rings is 1. The summed E-state index contributed by atoms with van der Waals surface area (Å²) in [5.74, 6) is -0.960. The van der Waals surface area contributed by atoms with Crippen molar-refractivity contribution in [2.75, 3.05) is 12.8 Å². The van der Waals surface area contributed by atoms with Gasteiger partial charge in [-0.05, 0) is 24.6 Å². The van der Waals surface area contributed by atoms with Gasteiger partial charge in [-0.25, -0.2) is 8.42 Å². The maximum Gasteiger partial charge on any atom is 0.390 e. The molecule has 0 aliphatic rings. The SMILES string of the molecule is C[C@H](c1cccc(Cl)c1)N(C)S(=O)(=O)CCC(F)(F)F. The van der Waals surface area contributed by atoms with Crippen molar-refractivity contribution in [2.24, 2.45) is 0 Å². The van der Waals surface area contributed by atoms with Crippen LogP contribution >= 0.6 is 11.6 Å². The van der Waals surface area contributed by atoms with Crippen LogP contribution < -0.4 is 0 Å². The van der Waals surface area contributed by atoms with Crippen molar-refractivity contribution >= 4 is 21.6 Å². The number of alkyl halides is 3. The minimum Gasteiger partial charge on any atom is -0.212 e. The molecular formula is C12H15ClF3NO2S. The quantitative estimate of drug-likeness (QED) is 0.827. The molecule has 1 atom stereocenters. The fraction of sp³-hybridized carbons (Fsp3) is 0.500. The largest absolute Gasteiger partial charge is 0.390 e. The van der Waals surface area contributed by atoms with Crippen LogP contribution in [0.5, 0.6) is 0 Å². The normalized spacial score (nSPS) is 14.6. The molecule has 8 heteroatoms. The summed E-state index contributed by atoms with van der Waals surface area (Å²) >= 11 is 5.81. The molecule has 0 aliphatic carbocycles. The minimum atomic E-state index is -4.49. The maximum absolute atomic E-state index is 12.1. The molecule has 1 aromatic carbocycles. The number of nitrogens with zero attached hydrogens (tertiary/aromatic N) is 1. The van der Waals surface area contributed by atoms with Crippen LogP contribution in [0.25, 0.3) is 0 Å². The summed E-state index contributed by atoms with van der Waals surface area (Å²) in [7, 11) is -2.72. The minimum absolute atomic E-state index is 0.440. The third-order valence-electron chi connectivity index (χ3n) is 2.96. The van der Waals surface area contributed by atoms with Crippen molar-refractivity contribution in [2.45, 2.75) is 25.6 Å². The average Bonchev–Trinajstić information content (AvgIpc) is 2.34. The Bertz CT molecular complexity index is 560. The Hall–Kier alpha value is -0.790. The molecule has 3 nitrogen and oxygen atoms in total. The van der Waals surface area contributed by atoms with E-state index in [1.54, 1.807) is 31.2 Å². The highest BCUT2D eigenvalue weighted by molar-refractivity contribution is 7.89. The number of hydrogen-bond acceptors (Lipinski definition) is 2. The highest BCUT2D eigenvalue weighted by atomic mass is 35.5. The van der Waals surface area contributed by atoms with E-state index in [2.05, 4.69) is 0 Å². The monoisotopic (exact) mass is 329 g/mol. The molecular weight excluding hydrogens is 315 g/mol. The molecule has 1 aromatic rings. The summed E-state index contributed by atoms with van der Waals surface area (Å²) in [6, 6.07) is 5.96. The van der Waals surface area contributed by atoms with E-state index >= 15 is 0 Å². The van der Waals surface area contributed by atoms with Gasteiger partial charge in [-0.3, -0.25) is 0 Å². The number of rotatable bonds is 5. The summed E-state index contributed by atoms with van der Waals surface area (Å²) in [6.45, 7) is 1.59. The Kier molecular flexibility index (Phi) is 5.46. The Balaban J connectivity index is 2.85. The molecule has 0 unspecified atom stereocenters. The molecule has 0 amide bonds. The lowest BCUT2D eigenvalue weighted by atomic mass is 10.1. The molecule has 0 aromatic heterocycles. The van der Waals surface area contributed by atoms with Gasteiger partial charge in [0, 0.05) is 18.1 Å². The third-order valence-corrected chi connectivity index (χ3v) is 5.11. The van der Waals surface area contributed by atoms with E-state index in [-0.39, 0.29) is 0 Å². The molecule has 1 rings (SSSR count). The highest BCUT2D eigenvalue weighted by Crippen LogP contribution is 2.26. The molecule has 0 saturated heterocycles. The van der Waals surface area contributed by atoms with Gasteiger partial charge >= 0.3 is 6.18 Å². The summed E-state index contributed by atoms with van der Waals surface area (Å²) in [5.41, 5.74) is 0.621. The predicted octanol–water partition coefficient (Wildman–Crippen LogP) is 3.62. The van der Waals surface area contributed by atoms with Crippen LogP contribution in [0.1, 0.15) is 24.9 Å². The van der Waals surface area contributed by atoms with Gasteiger partial charge in [0.15, 0.2) is 0 Å². The first-order valence-electron chi connectivity index (χ1n) is 5.81. The Morgan fingerprint density at radius 2 is 1.95 bits per heavy atom. The number of sulfonamides is 1. The zero-order valence-electron chi connectivity index (χ0n) is 11.0. The van der Waals surface area contributed by atoms with Crippen molar-refractivity contribution in [1.29, 1.82) is 0 Å². The van der Waals surface area contributed by atoms with Gasteiger partial charge in [0.2, 0.25) is 10.0 Å². The molecule has 0 heterocycles. The third kappa shape index (κ3) is 4.96. The zero-order valence-corrected chi connectivity index (χ0v) is 12.6. The topological polar surface area (TPSA) is 37.4 Å². The standard InChI is InChI=1S/C12H15ClF3NO2S/c1-9(10-4-3-5-11(13)8-10)17(2)20(18,19)7-6-12(14,15)16/h3-5,8-9H,6-7H2,1-2H3/t9-/m1/s1. The van der Waals surface area contributed by atoms with E-state index in [1.807, 2.05) is 0 Å². The molecule has 0 N–H and O–H groups in total. The molecule has 0 fully saturated rings. The molecule has 0 aliphatic heterocycles. The molecule has 0 bridgehead atoms. The van der Waals surface area contributed by atoms with Crippen LogP contribution in [0.2, 0.25) is 5.02 Å². The van der Waals surface area contributed by atoms with E-state index in [4.69, 9.17) is 11.6 Å². The van der Waals surface area contributed by atoms with Gasteiger partial charge in [-0.2, -0.15) is 17.5 Å². The van der Waals surface area contributed by atoms with Crippen molar-refractivity contribution in [3.8, 4) is 0 Å². The summed E-state index contributed by atoms with van der Waals surface area (Å²) in [4.78, 5) is 0. The van der Waals surface area contributed by atoms with Gasteiger partial charge in [0.25, 0.3) is 0 Å². The van der Waals surface area contributed by atoms with Crippen molar-refractivity contribution in [3.05, 3.63) is 34.9 Å². The van der Waals surface area contributed by atoms with Crippen molar-refractivity contribution in [1.82, 2.24) is 4.31 Å². The lowest BCUT2D eigenvalue weighted by Gasteiger charge is -2.25. The second-order valence-electron chi connectivity index (χ2n) is 4.43. The first-order valence-corrected chi connectivity index (χ1v) is 7.79. The Morgan fingerprint density at radius 1 is 1.35 bits per heavy atom.